The van der Waals surface area contributed by atoms with Crippen LogP contribution in [0, 0.1) is 0 Å². The average Bonchev–Trinajstić information content (AvgIpc) is 2.73. The number of benzene rings is 2. The van der Waals surface area contributed by atoms with Crippen LogP contribution in [0.3, 0.4) is 0 Å². The smallest absolute Gasteiger partial charge is 0.338 e. The van der Waals surface area contributed by atoms with Crippen molar-refractivity contribution in [3.05, 3.63) is 60.2 Å². The van der Waals surface area contributed by atoms with Gasteiger partial charge in [-0.25, -0.2) is 9.59 Å². The lowest BCUT2D eigenvalue weighted by Crippen LogP contribution is -2.46. The van der Waals surface area contributed by atoms with Gasteiger partial charge in [0.15, 0.2) is 6.61 Å². The standard InChI is InChI=1S/C22H24N2O5/c25-20(24-22(27)23-17-9-3-1-4-10-17)15-28-21(26)16-8-7-13-19(14-16)29-18-11-5-2-6-12-18/h2,5-8,11-14,17H,1,3-4,9-10,15H2,(H2,23,24,25,27). The van der Waals surface area contributed by atoms with Gasteiger partial charge in [-0.1, -0.05) is 43.5 Å². The summed E-state index contributed by atoms with van der Waals surface area (Å²) in [5.41, 5.74) is 0.248. The lowest BCUT2D eigenvalue weighted by molar-refractivity contribution is -0.123. The van der Waals surface area contributed by atoms with Crippen LogP contribution in [0.25, 0.3) is 0 Å². The summed E-state index contributed by atoms with van der Waals surface area (Å²) in [5, 5.41) is 4.96. The molecule has 1 aliphatic rings. The number of hydrogen-bond donors (Lipinski definition) is 2. The predicted molar refractivity (Wildman–Crippen MR) is 107 cm³/mol. The van der Waals surface area contributed by atoms with Gasteiger partial charge in [-0.2, -0.15) is 0 Å². The van der Waals surface area contributed by atoms with Crippen molar-refractivity contribution < 1.29 is 23.9 Å². The molecule has 0 aromatic heterocycles. The van der Waals surface area contributed by atoms with Crippen molar-refractivity contribution in [2.45, 2.75) is 38.1 Å². The molecule has 152 valence electrons. The van der Waals surface area contributed by atoms with Crippen molar-refractivity contribution in [1.82, 2.24) is 10.6 Å². The highest BCUT2D eigenvalue weighted by Crippen LogP contribution is 2.22. The first-order chi connectivity index (χ1) is 14.1. The van der Waals surface area contributed by atoms with Crippen molar-refractivity contribution in [1.29, 1.82) is 0 Å². The SMILES string of the molecule is O=C(COC(=O)c1cccc(Oc2ccccc2)c1)NC(=O)NC1CCCCC1. The molecule has 2 N–H and O–H groups in total. The molecule has 1 fully saturated rings. The third-order valence-electron chi connectivity index (χ3n) is 4.58. The number of carbonyl (C=O) groups excluding carboxylic acids is 3. The Bertz CT molecular complexity index is 847. The van der Waals surface area contributed by atoms with Gasteiger partial charge in [-0.05, 0) is 43.2 Å². The lowest BCUT2D eigenvalue weighted by Gasteiger charge is -2.22. The van der Waals surface area contributed by atoms with Gasteiger partial charge in [0, 0.05) is 6.04 Å². The minimum Gasteiger partial charge on any atom is -0.457 e. The Hall–Kier alpha value is -3.35. The molecule has 3 rings (SSSR count). The van der Waals surface area contributed by atoms with E-state index in [-0.39, 0.29) is 11.6 Å². The van der Waals surface area contributed by atoms with Crippen molar-refractivity contribution in [2.75, 3.05) is 6.61 Å². The number of para-hydroxylation sites is 1. The van der Waals surface area contributed by atoms with Gasteiger partial charge < -0.3 is 14.8 Å². The number of nitrogens with one attached hydrogen (secondary N) is 2. The van der Waals surface area contributed by atoms with E-state index in [1.54, 1.807) is 30.3 Å². The molecule has 7 nitrogen and oxygen atoms in total. The summed E-state index contributed by atoms with van der Waals surface area (Å²) in [6.07, 6.45) is 5.15. The van der Waals surface area contributed by atoms with Gasteiger partial charge in [0.25, 0.3) is 5.91 Å². The Labute approximate surface area is 169 Å². The quantitative estimate of drug-likeness (QED) is 0.725. The Morgan fingerprint density at radius 2 is 1.62 bits per heavy atom. The molecule has 3 amide bonds. The van der Waals surface area contributed by atoms with Crippen LogP contribution in [-0.4, -0.2) is 30.6 Å². The second-order valence-corrected chi connectivity index (χ2v) is 6.88. The molecule has 0 atom stereocenters. The minimum atomic E-state index is -0.677. The largest absolute Gasteiger partial charge is 0.457 e. The van der Waals surface area contributed by atoms with Crippen molar-refractivity contribution in [3.63, 3.8) is 0 Å². The number of hydrogen-bond acceptors (Lipinski definition) is 5. The molecule has 29 heavy (non-hydrogen) atoms. The van der Waals surface area contributed by atoms with Crippen molar-refractivity contribution >= 4 is 17.9 Å². The number of imide groups is 1. The summed E-state index contributed by atoms with van der Waals surface area (Å²) < 4.78 is 10.7. The van der Waals surface area contributed by atoms with E-state index >= 15 is 0 Å². The van der Waals surface area contributed by atoms with E-state index in [9.17, 15) is 14.4 Å². The number of ether oxygens (including phenoxy) is 2. The third kappa shape index (κ3) is 6.64. The number of amides is 3. The number of urea groups is 1. The summed E-state index contributed by atoms with van der Waals surface area (Å²) in [5.74, 6) is -0.238. The van der Waals surface area contributed by atoms with Gasteiger partial charge in [-0.15, -0.1) is 0 Å². The zero-order chi connectivity index (χ0) is 20.5. The second kappa shape index (κ2) is 10.3. The number of esters is 1. The molecular weight excluding hydrogens is 372 g/mol. The molecule has 0 radical (unpaired) electrons. The monoisotopic (exact) mass is 396 g/mol. The van der Waals surface area contributed by atoms with Crippen molar-refractivity contribution in [2.24, 2.45) is 0 Å². The maximum atomic E-state index is 12.2. The van der Waals surface area contributed by atoms with Crippen LogP contribution >= 0.6 is 0 Å². The molecule has 7 heteroatoms. The van der Waals surface area contributed by atoms with Crippen LogP contribution in [0.15, 0.2) is 54.6 Å². The van der Waals surface area contributed by atoms with Crippen LogP contribution in [0.2, 0.25) is 0 Å². The lowest BCUT2D eigenvalue weighted by atomic mass is 9.96. The van der Waals surface area contributed by atoms with E-state index in [0.717, 1.165) is 25.7 Å². The fourth-order valence-electron chi connectivity index (χ4n) is 3.16. The highest BCUT2D eigenvalue weighted by molar-refractivity contribution is 5.97. The highest BCUT2D eigenvalue weighted by Gasteiger charge is 2.18. The zero-order valence-corrected chi connectivity index (χ0v) is 16.1. The molecule has 2 aromatic carbocycles. The fraction of sp³-hybridized carbons (Fsp3) is 0.318. The van der Waals surface area contributed by atoms with E-state index in [1.807, 2.05) is 18.2 Å². The van der Waals surface area contributed by atoms with Gasteiger partial charge in [0.1, 0.15) is 11.5 Å². The summed E-state index contributed by atoms with van der Waals surface area (Å²) in [4.78, 5) is 35.9. The normalized spacial score (nSPS) is 13.9. The third-order valence-corrected chi connectivity index (χ3v) is 4.58. The maximum Gasteiger partial charge on any atom is 0.338 e. The topological polar surface area (TPSA) is 93.7 Å². The predicted octanol–water partition coefficient (Wildman–Crippen LogP) is 3.79. The Kier molecular flexibility index (Phi) is 7.22. The first-order valence-electron chi connectivity index (χ1n) is 9.70. The molecule has 1 saturated carbocycles. The minimum absolute atomic E-state index is 0.0893. The molecule has 0 bridgehead atoms. The van der Waals surface area contributed by atoms with E-state index < -0.39 is 24.5 Å². The van der Waals surface area contributed by atoms with Gasteiger partial charge in [0.2, 0.25) is 0 Å². The Morgan fingerprint density at radius 3 is 2.38 bits per heavy atom. The van der Waals surface area contributed by atoms with Crippen LogP contribution in [0.4, 0.5) is 4.79 Å². The Balaban J connectivity index is 1.45. The van der Waals surface area contributed by atoms with E-state index in [1.165, 1.54) is 12.5 Å². The summed E-state index contributed by atoms with van der Waals surface area (Å²) in [7, 11) is 0. The summed E-state index contributed by atoms with van der Waals surface area (Å²) in [6.45, 7) is -0.541. The van der Waals surface area contributed by atoms with E-state index in [0.29, 0.717) is 11.5 Å². The van der Waals surface area contributed by atoms with Crippen molar-refractivity contribution in [3.8, 4) is 11.5 Å². The first kappa shape index (κ1) is 20.4. The average molecular weight is 396 g/mol. The molecule has 0 saturated heterocycles. The fourth-order valence-corrected chi connectivity index (χ4v) is 3.16. The van der Waals surface area contributed by atoms with Gasteiger partial charge in [0.05, 0.1) is 5.56 Å². The molecule has 1 aliphatic carbocycles. The second-order valence-electron chi connectivity index (χ2n) is 6.88. The van der Waals surface area contributed by atoms with Crippen LogP contribution < -0.4 is 15.4 Å². The van der Waals surface area contributed by atoms with Gasteiger partial charge in [-0.3, -0.25) is 10.1 Å². The zero-order valence-electron chi connectivity index (χ0n) is 16.1. The van der Waals surface area contributed by atoms with Crippen LogP contribution in [-0.2, 0) is 9.53 Å². The number of carbonyl (C=O) groups is 3. The molecule has 2 aromatic rings. The summed E-state index contributed by atoms with van der Waals surface area (Å²) in [6, 6.07) is 15.2. The number of rotatable bonds is 6. The summed E-state index contributed by atoms with van der Waals surface area (Å²) >= 11 is 0. The van der Waals surface area contributed by atoms with Crippen LogP contribution in [0.5, 0.6) is 11.5 Å². The highest BCUT2D eigenvalue weighted by atomic mass is 16.5. The van der Waals surface area contributed by atoms with Crippen LogP contribution in [0.1, 0.15) is 42.5 Å². The Morgan fingerprint density at radius 1 is 0.897 bits per heavy atom. The molecule has 0 aliphatic heterocycles. The van der Waals surface area contributed by atoms with E-state index in [4.69, 9.17) is 9.47 Å². The molecular formula is C22H24N2O5. The maximum absolute atomic E-state index is 12.2. The molecule has 0 spiro atoms. The first-order valence-corrected chi connectivity index (χ1v) is 9.70. The van der Waals surface area contributed by atoms with Gasteiger partial charge >= 0.3 is 12.0 Å². The molecule has 0 unspecified atom stereocenters. The van der Waals surface area contributed by atoms with E-state index in [2.05, 4.69) is 10.6 Å². The molecule has 0 heterocycles.